The van der Waals surface area contributed by atoms with Crippen LogP contribution in [0.2, 0.25) is 0 Å². The van der Waals surface area contributed by atoms with Crippen molar-refractivity contribution in [1.82, 2.24) is 10.2 Å². The number of hydrogen-bond donors (Lipinski definition) is 2. The molecule has 1 unspecified atom stereocenters. The number of amides is 1. The molecular weight excluding hydrogens is 306 g/mol. The van der Waals surface area contributed by atoms with Crippen LogP contribution in [0.15, 0.2) is 28.7 Å². The van der Waals surface area contributed by atoms with E-state index < -0.39 is 0 Å². The zero-order valence-corrected chi connectivity index (χ0v) is 12.7. The van der Waals surface area contributed by atoms with Crippen molar-refractivity contribution in [2.45, 2.75) is 6.42 Å². The first-order valence-corrected chi connectivity index (χ1v) is 7.39. The molecule has 0 aromatic heterocycles. The quantitative estimate of drug-likeness (QED) is 0.869. The summed E-state index contributed by atoms with van der Waals surface area (Å²) in [5, 5.41) is 6.13. The van der Waals surface area contributed by atoms with E-state index in [0.29, 0.717) is 12.5 Å². The van der Waals surface area contributed by atoms with Gasteiger partial charge in [0.15, 0.2) is 0 Å². The Morgan fingerprint density at radius 1 is 1.53 bits per heavy atom. The van der Waals surface area contributed by atoms with Gasteiger partial charge in [0.2, 0.25) is 5.91 Å². The van der Waals surface area contributed by atoms with Crippen molar-refractivity contribution < 1.29 is 4.79 Å². The number of carbonyl (C=O) groups is 1. The summed E-state index contributed by atoms with van der Waals surface area (Å²) in [6, 6.07) is 7.67. The van der Waals surface area contributed by atoms with E-state index in [-0.39, 0.29) is 5.91 Å². The molecule has 0 radical (unpaired) electrons. The molecule has 1 aromatic carbocycles. The zero-order valence-electron chi connectivity index (χ0n) is 11.2. The molecule has 2 N–H and O–H groups in total. The summed E-state index contributed by atoms with van der Waals surface area (Å²) < 4.78 is 0.973. The predicted molar refractivity (Wildman–Crippen MR) is 81.2 cm³/mol. The first-order chi connectivity index (χ1) is 9.17. The average molecular weight is 326 g/mol. The standard InChI is InChI=1S/C14H20BrN3O/c1-16-8-11-5-6-18(9-11)10-14(19)17-13-4-2-3-12(15)7-13/h2-4,7,11,16H,5-6,8-10H2,1H3,(H,17,19). The maximum absolute atomic E-state index is 12.0. The average Bonchev–Trinajstić information content (AvgIpc) is 2.77. The van der Waals surface area contributed by atoms with Gasteiger partial charge in [0.05, 0.1) is 6.54 Å². The van der Waals surface area contributed by atoms with Gasteiger partial charge in [-0.2, -0.15) is 0 Å². The van der Waals surface area contributed by atoms with Crippen LogP contribution < -0.4 is 10.6 Å². The van der Waals surface area contributed by atoms with E-state index in [4.69, 9.17) is 0 Å². The van der Waals surface area contributed by atoms with E-state index in [1.807, 2.05) is 31.3 Å². The van der Waals surface area contributed by atoms with Crippen molar-refractivity contribution in [3.63, 3.8) is 0 Å². The number of carbonyl (C=O) groups excluding carboxylic acids is 1. The van der Waals surface area contributed by atoms with E-state index in [1.54, 1.807) is 0 Å². The maximum Gasteiger partial charge on any atom is 0.238 e. The zero-order chi connectivity index (χ0) is 13.7. The molecule has 0 aliphatic carbocycles. The number of anilines is 1. The summed E-state index contributed by atoms with van der Waals surface area (Å²) in [6.45, 7) is 3.53. The van der Waals surface area contributed by atoms with Crippen molar-refractivity contribution in [3.8, 4) is 0 Å². The lowest BCUT2D eigenvalue weighted by Crippen LogP contribution is -2.32. The first-order valence-electron chi connectivity index (χ1n) is 6.60. The number of nitrogens with zero attached hydrogens (tertiary/aromatic N) is 1. The fourth-order valence-corrected chi connectivity index (χ4v) is 2.88. The van der Waals surface area contributed by atoms with Gasteiger partial charge in [0.1, 0.15) is 0 Å². The third-order valence-electron chi connectivity index (χ3n) is 3.34. The third kappa shape index (κ3) is 4.60. The van der Waals surface area contributed by atoms with E-state index >= 15 is 0 Å². The van der Waals surface area contributed by atoms with Crippen molar-refractivity contribution in [2.24, 2.45) is 5.92 Å². The molecule has 5 heteroatoms. The summed E-state index contributed by atoms with van der Waals surface area (Å²) in [7, 11) is 1.97. The fourth-order valence-electron chi connectivity index (χ4n) is 2.48. The van der Waals surface area contributed by atoms with Crippen LogP contribution in [0, 0.1) is 5.92 Å². The minimum atomic E-state index is 0.0585. The van der Waals surface area contributed by atoms with Crippen molar-refractivity contribution >= 4 is 27.5 Å². The highest BCUT2D eigenvalue weighted by Gasteiger charge is 2.23. The predicted octanol–water partition coefficient (Wildman–Crippen LogP) is 1.93. The van der Waals surface area contributed by atoms with Gasteiger partial charge >= 0.3 is 0 Å². The molecule has 1 aliphatic rings. The lowest BCUT2D eigenvalue weighted by Gasteiger charge is -2.15. The van der Waals surface area contributed by atoms with E-state index in [2.05, 4.69) is 31.5 Å². The third-order valence-corrected chi connectivity index (χ3v) is 3.83. The molecule has 1 aromatic rings. The fraction of sp³-hybridized carbons (Fsp3) is 0.500. The highest BCUT2D eigenvalue weighted by atomic mass is 79.9. The van der Waals surface area contributed by atoms with Crippen LogP contribution in [0.4, 0.5) is 5.69 Å². The highest BCUT2D eigenvalue weighted by molar-refractivity contribution is 9.10. The molecule has 1 saturated heterocycles. The minimum Gasteiger partial charge on any atom is -0.325 e. The maximum atomic E-state index is 12.0. The molecule has 1 amide bonds. The molecule has 1 aliphatic heterocycles. The van der Waals surface area contributed by atoms with Gasteiger partial charge in [-0.25, -0.2) is 0 Å². The SMILES string of the molecule is CNCC1CCN(CC(=O)Nc2cccc(Br)c2)C1. The largest absolute Gasteiger partial charge is 0.325 e. The molecule has 1 heterocycles. The summed E-state index contributed by atoms with van der Waals surface area (Å²) in [6.07, 6.45) is 1.17. The molecule has 0 spiro atoms. The normalized spacial score (nSPS) is 19.6. The molecule has 1 atom stereocenters. The number of benzene rings is 1. The van der Waals surface area contributed by atoms with E-state index in [9.17, 15) is 4.79 Å². The molecule has 104 valence electrons. The lowest BCUT2D eigenvalue weighted by molar-refractivity contribution is -0.117. The molecule has 4 nitrogen and oxygen atoms in total. The van der Waals surface area contributed by atoms with Gasteiger partial charge in [0, 0.05) is 16.7 Å². The van der Waals surface area contributed by atoms with Crippen LogP contribution in [-0.4, -0.2) is 44.0 Å². The Morgan fingerprint density at radius 2 is 2.37 bits per heavy atom. The number of hydrogen-bond acceptors (Lipinski definition) is 3. The second kappa shape index (κ2) is 7.03. The summed E-state index contributed by atoms with van der Waals surface area (Å²) >= 11 is 3.40. The van der Waals surface area contributed by atoms with Gasteiger partial charge < -0.3 is 10.6 Å². The Morgan fingerprint density at radius 3 is 3.11 bits per heavy atom. The van der Waals surface area contributed by atoms with E-state index in [0.717, 1.165) is 29.8 Å². The van der Waals surface area contributed by atoms with Crippen LogP contribution in [0.5, 0.6) is 0 Å². The Bertz CT molecular complexity index is 438. The van der Waals surface area contributed by atoms with Crippen LogP contribution in [0.1, 0.15) is 6.42 Å². The smallest absolute Gasteiger partial charge is 0.238 e. The van der Waals surface area contributed by atoms with Crippen LogP contribution in [-0.2, 0) is 4.79 Å². The monoisotopic (exact) mass is 325 g/mol. The van der Waals surface area contributed by atoms with Crippen LogP contribution in [0.3, 0.4) is 0 Å². The minimum absolute atomic E-state index is 0.0585. The molecular formula is C14H20BrN3O. The summed E-state index contributed by atoms with van der Waals surface area (Å²) in [5.41, 5.74) is 0.838. The Labute approximate surface area is 122 Å². The van der Waals surface area contributed by atoms with Crippen molar-refractivity contribution in [1.29, 1.82) is 0 Å². The molecule has 0 saturated carbocycles. The second-order valence-electron chi connectivity index (χ2n) is 5.01. The molecule has 2 rings (SSSR count). The molecule has 19 heavy (non-hydrogen) atoms. The van der Waals surface area contributed by atoms with Crippen LogP contribution in [0.25, 0.3) is 0 Å². The lowest BCUT2D eigenvalue weighted by atomic mass is 10.1. The number of likely N-dealkylation sites (tertiary alicyclic amines) is 1. The van der Waals surface area contributed by atoms with Gasteiger partial charge in [-0.3, -0.25) is 9.69 Å². The van der Waals surface area contributed by atoms with Crippen LogP contribution >= 0.6 is 15.9 Å². The van der Waals surface area contributed by atoms with Gasteiger partial charge in [-0.15, -0.1) is 0 Å². The topological polar surface area (TPSA) is 44.4 Å². The summed E-state index contributed by atoms with van der Waals surface area (Å²) in [5.74, 6) is 0.729. The number of nitrogens with one attached hydrogen (secondary N) is 2. The second-order valence-corrected chi connectivity index (χ2v) is 5.92. The number of halogens is 1. The number of rotatable bonds is 5. The highest BCUT2D eigenvalue weighted by Crippen LogP contribution is 2.17. The van der Waals surface area contributed by atoms with Crippen molar-refractivity contribution in [2.75, 3.05) is 38.5 Å². The Hall–Kier alpha value is -0.910. The van der Waals surface area contributed by atoms with Gasteiger partial charge in [0.25, 0.3) is 0 Å². The van der Waals surface area contributed by atoms with Gasteiger partial charge in [-0.1, -0.05) is 22.0 Å². The molecule has 1 fully saturated rings. The Balaban J connectivity index is 1.79. The summed E-state index contributed by atoms with van der Waals surface area (Å²) in [4.78, 5) is 14.2. The first kappa shape index (κ1) is 14.5. The van der Waals surface area contributed by atoms with E-state index in [1.165, 1.54) is 6.42 Å². The Kier molecular flexibility index (Phi) is 5.36. The van der Waals surface area contributed by atoms with Crippen molar-refractivity contribution in [3.05, 3.63) is 28.7 Å². The molecule has 0 bridgehead atoms. The van der Waals surface area contributed by atoms with Gasteiger partial charge in [-0.05, 0) is 50.7 Å².